The van der Waals surface area contributed by atoms with Gasteiger partial charge in [-0.15, -0.1) is 0 Å². The zero-order valence-electron chi connectivity index (χ0n) is 92.9. The molecule has 5 rings (SSSR count). The van der Waals surface area contributed by atoms with Crippen LogP contribution in [0.3, 0.4) is 0 Å². The maximum atomic E-state index is 11.6. The van der Waals surface area contributed by atoms with Crippen molar-refractivity contribution in [2.24, 2.45) is 59.2 Å². The fourth-order valence-corrected chi connectivity index (χ4v) is 19.0. The van der Waals surface area contributed by atoms with E-state index in [4.69, 9.17) is 14.2 Å². The Morgan fingerprint density at radius 3 is 0.828 bits per heavy atom. The first-order chi connectivity index (χ1) is 65.0. The van der Waals surface area contributed by atoms with E-state index in [2.05, 4.69) is 279 Å². The Hall–Kier alpha value is -6.56. The normalized spacial score (nSPS) is 13.3. The Bertz CT molecular complexity index is 3490. The van der Waals surface area contributed by atoms with E-state index in [1.54, 1.807) is 21.0 Å². The van der Waals surface area contributed by atoms with Crippen LogP contribution in [-0.2, 0) is 16.0 Å². The highest BCUT2D eigenvalue weighted by molar-refractivity contribution is 5.90. The van der Waals surface area contributed by atoms with E-state index in [1.165, 1.54) is 317 Å². The second-order valence-electron chi connectivity index (χ2n) is 39.8. The molecule has 0 bridgehead atoms. The number of methoxy groups -OCH3 is 1. The molecule has 0 saturated heterocycles. The predicted octanol–water partition coefficient (Wildman–Crippen LogP) is 36.2. The lowest BCUT2D eigenvalue weighted by atomic mass is 9.95. The Balaban J connectivity index is 0.000000839. The summed E-state index contributed by atoms with van der Waals surface area (Å²) in [5, 5.41) is 5.87. The average molecular weight is 1860 g/mol. The number of rotatable bonds is 73. The highest BCUT2D eigenvalue weighted by Gasteiger charge is 2.27. The monoisotopic (exact) mass is 1860 g/mol. The molecule has 5 aromatic rings. The van der Waals surface area contributed by atoms with Gasteiger partial charge in [0.15, 0.2) is 0 Å². The summed E-state index contributed by atoms with van der Waals surface area (Å²) in [4.78, 5) is 36.2. The summed E-state index contributed by atoms with van der Waals surface area (Å²) in [6, 6.07) is 39.1. The fraction of sp³-hybridized carbons (Fsp3) is 0.738. The molecular weight excluding hydrogens is 1640 g/mol. The van der Waals surface area contributed by atoms with Crippen LogP contribution in [0.4, 0.5) is 39.8 Å². The molecule has 0 aromatic heterocycles. The summed E-state index contributed by atoms with van der Waals surface area (Å²) < 4.78 is 17.6. The van der Waals surface area contributed by atoms with Crippen molar-refractivity contribution in [3.8, 4) is 17.2 Å². The van der Waals surface area contributed by atoms with E-state index in [0.29, 0.717) is 25.0 Å². The van der Waals surface area contributed by atoms with Gasteiger partial charge >= 0.3 is 0 Å². The number of carbonyl (C=O) groups excluding carboxylic acids is 2. The number of amides is 2. The zero-order chi connectivity index (χ0) is 99.5. The van der Waals surface area contributed by atoms with E-state index in [1.807, 2.05) is 31.2 Å². The molecule has 0 fully saturated rings. The lowest BCUT2D eigenvalue weighted by molar-refractivity contribution is -0.115. The fourth-order valence-electron chi connectivity index (χ4n) is 19.0. The SMILES string of the molecule is CCCCC(CC)CN(CC(CC)CCCC)c1cc(NC(C)=O)ccc1OC.CCCCC(CC)CN(CC(CC)CCCC)c1cc(OCC)ccc1OCC.CCCCC(CC)CN(CC(CC)CCCC)c1cccc(C)c1.CCCCC(CC)CN(CC(CC)CCCC)c1cccc(CC)c1.CCCCC(CC)CN(CC(CC)CCCC)c1cccc(NC(C)=O)c1. The lowest BCUT2D eigenvalue weighted by Crippen LogP contribution is -2.34. The molecule has 0 heterocycles. The summed E-state index contributed by atoms with van der Waals surface area (Å²) in [6.07, 6.45) is 53.0. The molecule has 770 valence electrons. The van der Waals surface area contributed by atoms with Crippen LogP contribution >= 0.6 is 0 Å². The van der Waals surface area contributed by atoms with Gasteiger partial charge in [-0.1, -0.05) is 368 Å². The molecule has 0 aliphatic carbocycles. The van der Waals surface area contributed by atoms with Crippen LogP contribution in [0.1, 0.15) is 441 Å². The van der Waals surface area contributed by atoms with Crippen LogP contribution < -0.4 is 49.3 Å². The molecule has 134 heavy (non-hydrogen) atoms. The van der Waals surface area contributed by atoms with Gasteiger partial charge in [0, 0.05) is 114 Å². The number of unbranched alkanes of at least 4 members (excludes halogenated alkanes) is 10. The van der Waals surface area contributed by atoms with Crippen molar-refractivity contribution in [1.82, 2.24) is 0 Å². The third-order valence-corrected chi connectivity index (χ3v) is 28.5. The third kappa shape index (κ3) is 55.3. The summed E-state index contributed by atoms with van der Waals surface area (Å²) in [7, 11) is 1.73. The quantitative estimate of drug-likeness (QED) is 0.0391. The van der Waals surface area contributed by atoms with Gasteiger partial charge in [0.2, 0.25) is 11.8 Å². The average Bonchev–Trinajstić information content (AvgIpc) is 0.820. The van der Waals surface area contributed by atoms with Crippen LogP contribution in [0.25, 0.3) is 0 Å². The number of nitrogens with zero attached hydrogens (tertiary/aromatic N) is 5. The number of hydrogen-bond donors (Lipinski definition) is 2. The largest absolute Gasteiger partial charge is 0.495 e. The smallest absolute Gasteiger partial charge is 0.221 e. The van der Waals surface area contributed by atoms with Gasteiger partial charge < -0.3 is 49.3 Å². The molecule has 5 aromatic carbocycles. The number of aryl methyl sites for hydroxylation is 2. The van der Waals surface area contributed by atoms with Crippen molar-refractivity contribution in [2.75, 3.05) is 121 Å². The lowest BCUT2D eigenvalue weighted by Gasteiger charge is -2.33. The van der Waals surface area contributed by atoms with E-state index in [-0.39, 0.29) is 11.8 Å². The van der Waals surface area contributed by atoms with Gasteiger partial charge in [0.25, 0.3) is 0 Å². The van der Waals surface area contributed by atoms with Crippen molar-refractivity contribution in [3.63, 3.8) is 0 Å². The molecule has 0 aliphatic heterocycles. The zero-order valence-corrected chi connectivity index (χ0v) is 92.9. The second kappa shape index (κ2) is 81.3. The van der Waals surface area contributed by atoms with Gasteiger partial charge in [0.1, 0.15) is 17.2 Å². The molecule has 2 amide bonds. The number of hydrogen-bond acceptors (Lipinski definition) is 10. The molecular formula is C122H217N7O5. The minimum Gasteiger partial charge on any atom is -0.495 e. The number of benzene rings is 5. The van der Waals surface area contributed by atoms with Crippen LogP contribution in [0, 0.1) is 66.1 Å². The number of anilines is 7. The second-order valence-corrected chi connectivity index (χ2v) is 39.8. The Labute approximate surface area is 831 Å². The van der Waals surface area contributed by atoms with Crippen LogP contribution in [0.5, 0.6) is 17.2 Å². The molecule has 0 saturated carbocycles. The van der Waals surface area contributed by atoms with E-state index in [9.17, 15) is 9.59 Å². The van der Waals surface area contributed by atoms with Crippen LogP contribution in [-0.4, -0.2) is 97.6 Å². The summed E-state index contributed by atoms with van der Waals surface area (Å²) in [6.45, 7) is 70.8. The Kier molecular flexibility index (Phi) is 76.1. The van der Waals surface area contributed by atoms with Gasteiger partial charge in [-0.2, -0.15) is 0 Å². The topological polar surface area (TPSA) is 102 Å². The first-order valence-corrected chi connectivity index (χ1v) is 56.6. The van der Waals surface area contributed by atoms with E-state index in [0.717, 1.165) is 127 Å². The van der Waals surface area contributed by atoms with E-state index >= 15 is 0 Å². The molecule has 0 radical (unpaired) electrons. The standard InChI is InChI=1S/C26H47NO2.C25H44N2O2.C24H42N2O.C24H43N.C23H41N/c1-7-13-15-22(9-3)20-27(21-23(10-4)16-14-8-2)25-19-24(28-11-5)17-18-26(25)29-12-6;1-7-11-13-21(9-3)18-27(19-22(10-4)14-12-8-2)24-17-23(26-20(5)28)15-16-25(24)29-6;1-6-10-13-21(8-3)18-26(19-22(9-4)14-11-7-2)24-16-12-15-23(17-24)25-20(5)27;1-6-11-14-22(9-4)19-25(20-23(10-5)15-12-7-2)24-17-13-16-21(8-3)18-24;1-6-10-14-21(8-3)18-24(19-22(9-4)15-11-7-2)23-16-12-13-20(5)17-23/h17-19,22-23H,7-16,20-21H2,1-6H3;15-17,21-22H,7-14,18-19H2,1-6H3,(H,26,28);12,15-17,21-22H,6-11,13-14,18-19H2,1-5H3,(H,25,27);13,16-18,22-23H,6-12,14-15,19-20H2,1-5H3;12-13,16-17,21-22H,6-11,14-15,18-19H2,1-5H3. The molecule has 10 atom stereocenters. The molecule has 0 spiro atoms. The maximum absolute atomic E-state index is 11.6. The summed E-state index contributed by atoms with van der Waals surface area (Å²) in [5.74, 6) is 10.3. The molecule has 12 nitrogen and oxygen atoms in total. The third-order valence-electron chi connectivity index (χ3n) is 28.5. The molecule has 0 aliphatic rings. The summed E-state index contributed by atoms with van der Waals surface area (Å²) in [5.41, 5.74) is 11.0. The van der Waals surface area contributed by atoms with Gasteiger partial charge in [-0.3, -0.25) is 9.59 Å². The maximum Gasteiger partial charge on any atom is 0.221 e. The molecule has 2 N–H and O–H groups in total. The number of nitrogens with one attached hydrogen (secondary N) is 2. The Morgan fingerprint density at radius 2 is 0.552 bits per heavy atom. The molecule has 12 heteroatoms. The highest BCUT2D eigenvalue weighted by atomic mass is 16.5. The van der Waals surface area contributed by atoms with Crippen molar-refractivity contribution >= 4 is 51.6 Å². The molecule has 10 unspecified atom stereocenters. The van der Waals surface area contributed by atoms with E-state index < -0.39 is 0 Å². The van der Waals surface area contributed by atoms with Gasteiger partial charge in [-0.05, 0) is 235 Å². The van der Waals surface area contributed by atoms with Crippen molar-refractivity contribution < 1.29 is 23.8 Å². The first-order valence-electron chi connectivity index (χ1n) is 56.6. The minimum atomic E-state index is -0.0450. The number of ether oxygens (including phenoxy) is 3. The van der Waals surface area contributed by atoms with Crippen LogP contribution in [0.15, 0.2) is 109 Å². The summed E-state index contributed by atoms with van der Waals surface area (Å²) >= 11 is 0. The van der Waals surface area contributed by atoms with Crippen molar-refractivity contribution in [1.29, 1.82) is 0 Å². The minimum absolute atomic E-state index is 0.0116. The first kappa shape index (κ1) is 125. The van der Waals surface area contributed by atoms with Gasteiger partial charge in [-0.25, -0.2) is 0 Å². The van der Waals surface area contributed by atoms with Crippen LogP contribution in [0.2, 0.25) is 0 Å². The Morgan fingerprint density at radius 1 is 0.284 bits per heavy atom. The van der Waals surface area contributed by atoms with Gasteiger partial charge in [0.05, 0.1) is 31.7 Å². The predicted molar refractivity (Wildman–Crippen MR) is 598 cm³/mol. The highest BCUT2D eigenvalue weighted by Crippen LogP contribution is 2.39. The van der Waals surface area contributed by atoms with Crippen molar-refractivity contribution in [3.05, 3.63) is 120 Å². The van der Waals surface area contributed by atoms with Crippen molar-refractivity contribution in [2.45, 2.75) is 443 Å². The number of carbonyl (C=O) groups is 2.